The maximum Gasteiger partial charge on any atom is 0.280 e. The van der Waals surface area contributed by atoms with Crippen LogP contribution in [0.3, 0.4) is 0 Å². The van der Waals surface area contributed by atoms with E-state index in [1.807, 2.05) is 19.9 Å². The van der Waals surface area contributed by atoms with E-state index in [9.17, 15) is 14.9 Å². The van der Waals surface area contributed by atoms with Gasteiger partial charge in [0.25, 0.3) is 11.5 Å². The predicted molar refractivity (Wildman–Crippen MR) is 121 cm³/mol. The van der Waals surface area contributed by atoms with Gasteiger partial charge in [0.1, 0.15) is 17.4 Å². The van der Waals surface area contributed by atoms with E-state index in [-0.39, 0.29) is 16.6 Å². The summed E-state index contributed by atoms with van der Waals surface area (Å²) in [6, 6.07) is 14.2. The van der Waals surface area contributed by atoms with Gasteiger partial charge in [-0.2, -0.15) is 10.3 Å². The second-order valence-electron chi connectivity index (χ2n) is 7.08. The molecule has 1 amide bonds. The van der Waals surface area contributed by atoms with Gasteiger partial charge in [0.15, 0.2) is 5.49 Å². The number of aryl methyl sites for hydroxylation is 2. The molecule has 0 bridgehead atoms. The largest absolute Gasteiger partial charge is 0.309 e. The Hall–Kier alpha value is -3.57. The lowest BCUT2D eigenvalue weighted by Gasteiger charge is -2.13. The van der Waals surface area contributed by atoms with Crippen LogP contribution >= 0.6 is 15.9 Å². The van der Waals surface area contributed by atoms with Crippen LogP contribution in [0.25, 0.3) is 16.7 Å². The standard InChI is InChI=1S/C23H18BrN5O2/c1-3-10-28-20(27-22(30)16-8-4-5-9-18(16)24)15(13-25)12-17-21(28)26-19-14(2)7-6-11-29(19)23(17)31/h4-9,11-12H,3,10H2,1-2H3. The van der Waals surface area contributed by atoms with Crippen LogP contribution in [0.1, 0.15) is 34.8 Å². The van der Waals surface area contributed by atoms with E-state index < -0.39 is 5.91 Å². The van der Waals surface area contributed by atoms with E-state index in [0.717, 1.165) is 5.56 Å². The minimum Gasteiger partial charge on any atom is -0.309 e. The van der Waals surface area contributed by atoms with E-state index in [1.165, 1.54) is 10.5 Å². The lowest BCUT2D eigenvalue weighted by atomic mass is 10.2. The molecular weight excluding hydrogens is 458 g/mol. The first-order valence-electron chi connectivity index (χ1n) is 9.75. The van der Waals surface area contributed by atoms with Crippen molar-refractivity contribution in [1.82, 2.24) is 14.0 Å². The van der Waals surface area contributed by atoms with Crippen molar-refractivity contribution in [2.45, 2.75) is 26.8 Å². The highest BCUT2D eigenvalue weighted by atomic mass is 79.9. The van der Waals surface area contributed by atoms with Gasteiger partial charge in [-0.1, -0.05) is 25.1 Å². The Morgan fingerprint density at radius 2 is 2.00 bits per heavy atom. The highest BCUT2D eigenvalue weighted by Crippen LogP contribution is 2.17. The second kappa shape index (κ2) is 8.28. The summed E-state index contributed by atoms with van der Waals surface area (Å²) in [5.74, 6) is -0.484. The zero-order valence-electron chi connectivity index (χ0n) is 17.0. The normalized spacial score (nSPS) is 11.7. The zero-order valence-corrected chi connectivity index (χ0v) is 18.5. The minimum absolute atomic E-state index is 0.146. The summed E-state index contributed by atoms with van der Waals surface area (Å²) in [6.45, 7) is 4.29. The van der Waals surface area contributed by atoms with Crippen molar-refractivity contribution >= 4 is 38.5 Å². The third-order valence-electron chi connectivity index (χ3n) is 4.98. The molecule has 0 aliphatic carbocycles. The maximum absolute atomic E-state index is 13.2. The fourth-order valence-electron chi connectivity index (χ4n) is 3.52. The van der Waals surface area contributed by atoms with Gasteiger partial charge in [0.2, 0.25) is 0 Å². The number of nitrogens with zero attached hydrogens (tertiary/aromatic N) is 5. The number of carbonyl (C=O) groups excluding carboxylic acids is 1. The summed E-state index contributed by atoms with van der Waals surface area (Å²) in [5.41, 5.74) is 2.23. The molecule has 31 heavy (non-hydrogen) atoms. The molecule has 3 heterocycles. The molecule has 0 saturated carbocycles. The predicted octanol–water partition coefficient (Wildman–Crippen LogP) is 3.74. The molecule has 0 fully saturated rings. The summed E-state index contributed by atoms with van der Waals surface area (Å²) >= 11 is 3.37. The number of nitriles is 1. The van der Waals surface area contributed by atoms with Gasteiger partial charge in [-0.25, -0.2) is 4.98 Å². The Labute approximate surface area is 186 Å². The van der Waals surface area contributed by atoms with Gasteiger partial charge in [-0.15, -0.1) is 0 Å². The van der Waals surface area contributed by atoms with Gasteiger partial charge < -0.3 is 4.57 Å². The third-order valence-corrected chi connectivity index (χ3v) is 5.68. The number of aromatic nitrogens is 3. The van der Waals surface area contributed by atoms with E-state index in [4.69, 9.17) is 4.98 Å². The number of hydrogen-bond acceptors (Lipinski definition) is 4. The number of hydrogen-bond donors (Lipinski definition) is 0. The first kappa shape index (κ1) is 20.7. The van der Waals surface area contributed by atoms with Gasteiger partial charge in [-0.3, -0.25) is 14.0 Å². The maximum atomic E-state index is 13.2. The Kier molecular flexibility index (Phi) is 5.53. The smallest absolute Gasteiger partial charge is 0.280 e. The molecule has 0 atom stereocenters. The van der Waals surface area contributed by atoms with Crippen LogP contribution < -0.4 is 11.0 Å². The van der Waals surface area contributed by atoms with Crippen LogP contribution in [0.2, 0.25) is 0 Å². The second-order valence-corrected chi connectivity index (χ2v) is 7.94. The van der Waals surface area contributed by atoms with Crippen LogP contribution in [0.5, 0.6) is 0 Å². The highest BCUT2D eigenvalue weighted by molar-refractivity contribution is 9.10. The molecule has 4 rings (SSSR count). The van der Waals surface area contributed by atoms with Crippen molar-refractivity contribution in [3.8, 4) is 6.07 Å². The van der Waals surface area contributed by atoms with Gasteiger partial charge in [0, 0.05) is 17.2 Å². The average Bonchev–Trinajstić information content (AvgIpc) is 2.76. The molecule has 0 radical (unpaired) electrons. The SMILES string of the molecule is CCCn1c(=NC(=O)c2ccccc2Br)c(C#N)cc2c(=O)n3cccc(C)c3nc21. The molecule has 154 valence electrons. The number of fused-ring (bicyclic) bond motifs is 2. The Morgan fingerprint density at radius 3 is 2.71 bits per heavy atom. The summed E-state index contributed by atoms with van der Waals surface area (Å²) in [7, 11) is 0. The van der Waals surface area contributed by atoms with Crippen LogP contribution in [0, 0.1) is 18.3 Å². The number of pyridine rings is 2. The Morgan fingerprint density at radius 1 is 1.23 bits per heavy atom. The molecule has 0 aliphatic rings. The quantitative estimate of drug-likeness (QED) is 0.421. The third kappa shape index (κ3) is 3.57. The Balaban J connectivity index is 2.14. The molecule has 4 aromatic rings. The van der Waals surface area contributed by atoms with Crippen LogP contribution in [-0.4, -0.2) is 19.9 Å². The molecule has 0 saturated heterocycles. The van der Waals surface area contributed by atoms with E-state index in [2.05, 4.69) is 27.0 Å². The molecule has 7 nitrogen and oxygen atoms in total. The van der Waals surface area contributed by atoms with Gasteiger partial charge in [0.05, 0.1) is 16.5 Å². The van der Waals surface area contributed by atoms with E-state index in [0.29, 0.717) is 39.7 Å². The fourth-order valence-corrected chi connectivity index (χ4v) is 3.97. The lowest BCUT2D eigenvalue weighted by Crippen LogP contribution is -2.29. The highest BCUT2D eigenvalue weighted by Gasteiger charge is 2.16. The van der Waals surface area contributed by atoms with Crippen molar-refractivity contribution in [3.05, 3.63) is 85.7 Å². The van der Waals surface area contributed by atoms with Crippen molar-refractivity contribution in [3.63, 3.8) is 0 Å². The fraction of sp³-hybridized carbons (Fsp3) is 0.174. The first-order chi connectivity index (χ1) is 15.0. The van der Waals surface area contributed by atoms with E-state index >= 15 is 0 Å². The van der Waals surface area contributed by atoms with Gasteiger partial charge in [-0.05, 0) is 59.1 Å². The molecule has 0 unspecified atom stereocenters. The molecule has 0 aliphatic heterocycles. The molecule has 3 aromatic heterocycles. The monoisotopic (exact) mass is 475 g/mol. The molecule has 0 N–H and O–H groups in total. The topological polar surface area (TPSA) is 92.5 Å². The number of amides is 1. The number of benzene rings is 1. The van der Waals surface area contributed by atoms with E-state index in [1.54, 1.807) is 41.1 Å². The first-order valence-corrected chi connectivity index (χ1v) is 10.5. The zero-order chi connectivity index (χ0) is 22.1. The Bertz CT molecular complexity index is 1530. The van der Waals surface area contributed by atoms with Crippen LogP contribution in [0.15, 0.2) is 62.9 Å². The van der Waals surface area contributed by atoms with Crippen LogP contribution in [-0.2, 0) is 6.54 Å². The average molecular weight is 476 g/mol. The van der Waals surface area contributed by atoms with Crippen molar-refractivity contribution in [1.29, 1.82) is 5.26 Å². The lowest BCUT2D eigenvalue weighted by molar-refractivity contribution is 0.0996. The van der Waals surface area contributed by atoms with Crippen LogP contribution in [0.4, 0.5) is 0 Å². The molecule has 1 aromatic carbocycles. The summed E-state index contributed by atoms with van der Waals surface area (Å²) in [6.07, 6.45) is 2.36. The number of halogens is 1. The molecule has 0 spiro atoms. The van der Waals surface area contributed by atoms with Gasteiger partial charge >= 0.3 is 0 Å². The van der Waals surface area contributed by atoms with Crippen molar-refractivity contribution in [2.75, 3.05) is 0 Å². The molecule has 8 heteroatoms. The summed E-state index contributed by atoms with van der Waals surface area (Å²) < 4.78 is 3.78. The summed E-state index contributed by atoms with van der Waals surface area (Å²) in [4.78, 5) is 35.1. The summed E-state index contributed by atoms with van der Waals surface area (Å²) in [5, 5.41) is 10.1. The number of rotatable bonds is 3. The minimum atomic E-state index is -0.484. The number of carbonyl (C=O) groups is 1. The molecular formula is C23H18BrN5O2. The van der Waals surface area contributed by atoms with Crippen molar-refractivity contribution < 1.29 is 4.79 Å². The van der Waals surface area contributed by atoms with Crippen molar-refractivity contribution in [2.24, 2.45) is 4.99 Å².